The van der Waals surface area contributed by atoms with Gasteiger partial charge in [0.15, 0.2) is 6.61 Å². The van der Waals surface area contributed by atoms with Gasteiger partial charge in [0.25, 0.3) is 11.6 Å². The highest BCUT2D eigenvalue weighted by Gasteiger charge is 2.19. The highest BCUT2D eigenvalue weighted by atomic mass is 19.1. The Morgan fingerprint density at radius 2 is 1.81 bits per heavy atom. The molecule has 4 aromatic rings. The molecule has 1 amide bonds. The summed E-state index contributed by atoms with van der Waals surface area (Å²) in [6.45, 7) is 1.51. The van der Waals surface area contributed by atoms with Gasteiger partial charge in [0, 0.05) is 11.3 Å². The number of rotatable bonds is 6. The minimum absolute atomic E-state index is 0.209. The number of nitrogens with zero attached hydrogens (tertiary/aromatic N) is 2. The lowest BCUT2D eigenvalue weighted by molar-refractivity contribution is -0.142. The third-order valence-electron chi connectivity index (χ3n) is 4.70. The van der Waals surface area contributed by atoms with E-state index in [1.807, 2.05) is 0 Å². The topological polar surface area (TPSA) is 104 Å². The number of pyridine rings is 1. The SMILES string of the molecule is COC(=O)COc1ccc(NC(=O)c2cc(-c3ccc(F)cc3)nc3onc(C)c23)cc1. The summed E-state index contributed by atoms with van der Waals surface area (Å²) in [5.74, 6) is -0.809. The van der Waals surface area contributed by atoms with Crippen molar-refractivity contribution < 1.29 is 28.0 Å². The number of carbonyl (C=O) groups excluding carboxylic acids is 2. The number of benzene rings is 2. The van der Waals surface area contributed by atoms with Crippen LogP contribution in [0.3, 0.4) is 0 Å². The summed E-state index contributed by atoms with van der Waals surface area (Å²) < 4.78 is 28.4. The molecule has 2 heterocycles. The third kappa shape index (κ3) is 4.41. The second kappa shape index (κ2) is 8.84. The van der Waals surface area contributed by atoms with E-state index in [0.717, 1.165) is 0 Å². The van der Waals surface area contributed by atoms with E-state index in [1.165, 1.54) is 19.2 Å². The molecule has 8 nitrogen and oxygen atoms in total. The smallest absolute Gasteiger partial charge is 0.343 e. The van der Waals surface area contributed by atoms with Crippen LogP contribution in [-0.4, -0.2) is 35.7 Å². The number of ether oxygens (including phenoxy) is 2. The first-order valence-corrected chi connectivity index (χ1v) is 9.58. The van der Waals surface area contributed by atoms with E-state index in [4.69, 9.17) is 9.26 Å². The lowest BCUT2D eigenvalue weighted by atomic mass is 10.0. The van der Waals surface area contributed by atoms with Crippen LogP contribution in [0.2, 0.25) is 0 Å². The van der Waals surface area contributed by atoms with E-state index in [2.05, 4.69) is 20.2 Å². The van der Waals surface area contributed by atoms with Gasteiger partial charge in [0.2, 0.25) is 0 Å². The van der Waals surface area contributed by atoms with Crippen LogP contribution >= 0.6 is 0 Å². The monoisotopic (exact) mass is 435 g/mol. The molecule has 0 unspecified atom stereocenters. The third-order valence-corrected chi connectivity index (χ3v) is 4.70. The number of anilines is 1. The Morgan fingerprint density at radius 1 is 1.09 bits per heavy atom. The number of aryl methyl sites for hydroxylation is 1. The van der Waals surface area contributed by atoms with Gasteiger partial charge in [-0.1, -0.05) is 5.16 Å². The van der Waals surface area contributed by atoms with Crippen LogP contribution in [0.4, 0.5) is 10.1 Å². The Labute approximate surface area is 182 Å². The molecule has 1 N–H and O–H groups in total. The number of aromatic nitrogens is 2. The van der Waals surface area contributed by atoms with Gasteiger partial charge >= 0.3 is 5.97 Å². The van der Waals surface area contributed by atoms with E-state index >= 15 is 0 Å². The zero-order valence-electron chi connectivity index (χ0n) is 17.2. The molecule has 0 aliphatic rings. The second-order valence-corrected chi connectivity index (χ2v) is 6.85. The Bertz CT molecular complexity index is 1280. The van der Waals surface area contributed by atoms with E-state index in [9.17, 15) is 14.0 Å². The normalized spacial score (nSPS) is 10.7. The van der Waals surface area contributed by atoms with Gasteiger partial charge in [0.1, 0.15) is 11.6 Å². The number of methoxy groups -OCH3 is 1. The summed E-state index contributed by atoms with van der Waals surface area (Å²) in [6, 6.07) is 13.9. The van der Waals surface area contributed by atoms with Crippen molar-refractivity contribution in [1.82, 2.24) is 10.1 Å². The number of carbonyl (C=O) groups is 2. The Kier molecular flexibility index (Phi) is 5.80. The van der Waals surface area contributed by atoms with Crippen molar-refractivity contribution in [3.05, 3.63) is 71.7 Å². The molecule has 0 saturated heterocycles. The summed E-state index contributed by atoms with van der Waals surface area (Å²) in [7, 11) is 1.28. The zero-order valence-corrected chi connectivity index (χ0v) is 17.2. The van der Waals surface area contributed by atoms with Gasteiger partial charge in [-0.25, -0.2) is 14.2 Å². The maximum absolute atomic E-state index is 13.3. The molecule has 2 aromatic carbocycles. The predicted octanol–water partition coefficient (Wildman–Crippen LogP) is 4.14. The van der Waals surface area contributed by atoms with E-state index < -0.39 is 11.9 Å². The van der Waals surface area contributed by atoms with Crippen molar-refractivity contribution in [3.63, 3.8) is 0 Å². The fourth-order valence-electron chi connectivity index (χ4n) is 3.08. The van der Waals surface area contributed by atoms with Crippen LogP contribution in [0.25, 0.3) is 22.4 Å². The Hall–Kier alpha value is -4.27. The molecule has 0 aliphatic heterocycles. The molecule has 162 valence electrons. The van der Waals surface area contributed by atoms with E-state index in [0.29, 0.717) is 39.3 Å². The van der Waals surface area contributed by atoms with Crippen LogP contribution in [-0.2, 0) is 9.53 Å². The molecule has 0 bridgehead atoms. The maximum atomic E-state index is 13.3. The number of amides is 1. The molecule has 0 radical (unpaired) electrons. The van der Waals surface area contributed by atoms with E-state index in [-0.39, 0.29) is 18.1 Å². The first-order valence-electron chi connectivity index (χ1n) is 9.58. The molecule has 0 atom stereocenters. The molecule has 0 saturated carbocycles. The summed E-state index contributed by atoms with van der Waals surface area (Å²) in [5.41, 5.74) is 2.65. The van der Waals surface area contributed by atoms with Crippen molar-refractivity contribution in [1.29, 1.82) is 0 Å². The van der Waals surface area contributed by atoms with Crippen LogP contribution < -0.4 is 10.1 Å². The summed E-state index contributed by atoms with van der Waals surface area (Å²) in [6.07, 6.45) is 0. The largest absolute Gasteiger partial charge is 0.482 e. The standard InChI is InChI=1S/C23H18FN3O5/c1-13-21-18(11-19(26-23(21)32-27-13)14-3-5-15(24)6-4-14)22(29)25-16-7-9-17(10-8-16)31-12-20(28)30-2/h3-11H,12H2,1-2H3,(H,25,29). The number of nitrogens with one attached hydrogen (secondary N) is 1. The second-order valence-electron chi connectivity index (χ2n) is 6.85. The number of halogens is 1. The van der Waals surface area contributed by atoms with Crippen molar-refractivity contribution >= 4 is 28.7 Å². The Morgan fingerprint density at radius 3 is 2.50 bits per heavy atom. The van der Waals surface area contributed by atoms with Gasteiger partial charge in [-0.3, -0.25) is 4.79 Å². The molecule has 0 spiro atoms. The summed E-state index contributed by atoms with van der Waals surface area (Å²) in [5, 5.41) is 7.22. The molecule has 32 heavy (non-hydrogen) atoms. The van der Waals surface area contributed by atoms with Crippen molar-refractivity contribution in [3.8, 4) is 17.0 Å². The first-order chi connectivity index (χ1) is 15.4. The molecule has 9 heteroatoms. The minimum atomic E-state index is -0.495. The lowest BCUT2D eigenvalue weighted by Crippen LogP contribution is -2.14. The maximum Gasteiger partial charge on any atom is 0.343 e. The molecule has 2 aromatic heterocycles. The van der Waals surface area contributed by atoms with Gasteiger partial charge in [-0.05, 0) is 61.5 Å². The molecular formula is C23H18FN3O5. The fourth-order valence-corrected chi connectivity index (χ4v) is 3.08. The van der Waals surface area contributed by atoms with Gasteiger partial charge in [-0.15, -0.1) is 0 Å². The minimum Gasteiger partial charge on any atom is -0.482 e. The van der Waals surface area contributed by atoms with Crippen LogP contribution in [0.15, 0.2) is 59.1 Å². The number of esters is 1. The Balaban J connectivity index is 1.61. The summed E-state index contributed by atoms with van der Waals surface area (Å²) in [4.78, 5) is 28.7. The highest BCUT2D eigenvalue weighted by Crippen LogP contribution is 2.28. The number of fused-ring (bicyclic) bond motifs is 1. The first kappa shape index (κ1) is 21.0. The quantitative estimate of drug-likeness (QED) is 0.454. The zero-order chi connectivity index (χ0) is 22.7. The average molecular weight is 435 g/mol. The fraction of sp³-hybridized carbons (Fsp3) is 0.130. The van der Waals surface area contributed by atoms with E-state index in [1.54, 1.807) is 49.4 Å². The van der Waals surface area contributed by atoms with Gasteiger partial charge in [0.05, 0.1) is 29.4 Å². The molecule has 4 rings (SSSR count). The van der Waals surface area contributed by atoms with Gasteiger partial charge in [-0.2, -0.15) is 0 Å². The predicted molar refractivity (Wildman–Crippen MR) is 114 cm³/mol. The molecule has 0 aliphatic carbocycles. The van der Waals surface area contributed by atoms with Crippen molar-refractivity contribution in [2.45, 2.75) is 6.92 Å². The lowest BCUT2D eigenvalue weighted by Gasteiger charge is -2.10. The number of hydrogen-bond donors (Lipinski definition) is 1. The van der Waals surface area contributed by atoms with Crippen molar-refractivity contribution in [2.75, 3.05) is 19.0 Å². The van der Waals surface area contributed by atoms with Gasteiger partial charge < -0.3 is 19.3 Å². The van der Waals surface area contributed by atoms with Crippen molar-refractivity contribution in [2.24, 2.45) is 0 Å². The summed E-state index contributed by atoms with van der Waals surface area (Å²) >= 11 is 0. The van der Waals surface area contributed by atoms with Crippen LogP contribution in [0.1, 0.15) is 16.1 Å². The van der Waals surface area contributed by atoms with Crippen LogP contribution in [0.5, 0.6) is 5.75 Å². The average Bonchev–Trinajstić information content (AvgIpc) is 3.19. The highest BCUT2D eigenvalue weighted by molar-refractivity contribution is 6.13. The number of hydrogen-bond acceptors (Lipinski definition) is 7. The molecule has 0 fully saturated rings. The molecular weight excluding hydrogens is 417 g/mol. The van der Waals surface area contributed by atoms with Crippen LogP contribution in [0, 0.1) is 12.7 Å².